The smallest absolute Gasteiger partial charge is 0.272 e. The number of benzene rings is 1. The second-order valence-electron chi connectivity index (χ2n) is 5.73. The zero-order chi connectivity index (χ0) is 21.6. The Morgan fingerprint density at radius 1 is 1.34 bits per heavy atom. The number of amides is 2. The molecule has 0 fully saturated rings. The summed E-state index contributed by atoms with van der Waals surface area (Å²) in [5.41, 5.74) is 1.17. The monoisotopic (exact) mass is 474 g/mol. The van der Waals surface area contributed by atoms with E-state index in [1.165, 1.54) is 25.4 Å². The Balaban J connectivity index is 2.44. The number of nitrogens with one attached hydrogen (secondary N) is 4. The van der Waals surface area contributed by atoms with E-state index in [1.54, 1.807) is 25.1 Å². The van der Waals surface area contributed by atoms with Gasteiger partial charge in [-0.25, -0.2) is 4.98 Å². The van der Waals surface area contributed by atoms with E-state index in [2.05, 4.69) is 36.9 Å². The van der Waals surface area contributed by atoms with Crippen LogP contribution in [0.15, 0.2) is 42.2 Å². The molecule has 1 aromatic carbocycles. The van der Waals surface area contributed by atoms with Crippen molar-refractivity contribution in [3.05, 3.63) is 63.9 Å². The van der Waals surface area contributed by atoms with Crippen LogP contribution in [-0.4, -0.2) is 28.5 Å². The summed E-state index contributed by atoms with van der Waals surface area (Å²) in [6, 6.07) is 8.16. The van der Waals surface area contributed by atoms with Gasteiger partial charge in [0.15, 0.2) is 0 Å². The number of nitrogens with zero attached hydrogens (tertiary/aromatic N) is 2. The molecule has 0 spiro atoms. The molecule has 8 nitrogen and oxygen atoms in total. The lowest BCUT2D eigenvalue weighted by Crippen LogP contribution is -2.25. The minimum Gasteiger partial charge on any atom is -0.355 e. The molecular weight excluding hydrogens is 460 g/mol. The fraction of sp³-hybridized carbons (Fsp3) is 0.105. The molecule has 0 saturated carbocycles. The molecule has 1 heterocycles. The third kappa shape index (κ3) is 5.63. The highest BCUT2D eigenvalue weighted by molar-refractivity contribution is 9.18. The molecule has 2 amide bonds. The molecule has 0 saturated heterocycles. The lowest BCUT2D eigenvalue weighted by Gasteiger charge is -2.16. The van der Waals surface area contributed by atoms with Gasteiger partial charge in [0.2, 0.25) is 0 Å². The number of rotatable bonds is 6. The van der Waals surface area contributed by atoms with E-state index in [9.17, 15) is 9.59 Å². The lowest BCUT2D eigenvalue weighted by molar-refractivity contribution is -0.112. The number of anilines is 2. The molecule has 2 aromatic rings. The van der Waals surface area contributed by atoms with Crippen LogP contribution in [0.25, 0.3) is 0 Å². The predicted octanol–water partition coefficient (Wildman–Crippen LogP) is 3.58. The minimum absolute atomic E-state index is 0.0286. The molecule has 1 aromatic heterocycles. The summed E-state index contributed by atoms with van der Waals surface area (Å²) < 4.78 is -0.0646. The van der Waals surface area contributed by atoms with Crippen molar-refractivity contribution in [2.45, 2.75) is 6.92 Å². The molecule has 0 atom stereocenters. The number of aromatic nitrogens is 1. The number of carbonyl (C=O) groups is 2. The van der Waals surface area contributed by atoms with Crippen LogP contribution in [0.4, 0.5) is 11.5 Å². The van der Waals surface area contributed by atoms with Gasteiger partial charge in [-0.05, 0) is 58.8 Å². The fourth-order valence-electron chi connectivity index (χ4n) is 2.40. The Morgan fingerprint density at radius 2 is 2.07 bits per heavy atom. The number of hydrogen-bond acceptors (Lipinski definition) is 6. The van der Waals surface area contributed by atoms with Crippen molar-refractivity contribution < 1.29 is 9.59 Å². The molecule has 0 radical (unpaired) electrons. The normalized spacial score (nSPS) is 10.7. The number of aryl methyl sites for hydroxylation is 1. The van der Waals surface area contributed by atoms with Crippen LogP contribution in [0.5, 0.6) is 0 Å². The maximum Gasteiger partial charge on any atom is 0.272 e. The number of allylic oxidation sites excluding steroid dienone is 1. The Morgan fingerprint density at radius 3 is 2.66 bits per heavy atom. The maximum atomic E-state index is 12.9. The molecule has 0 aliphatic heterocycles. The second-order valence-corrected chi connectivity index (χ2v) is 6.99. The Hall–Kier alpha value is -3.22. The van der Waals surface area contributed by atoms with Crippen LogP contribution >= 0.6 is 27.5 Å². The van der Waals surface area contributed by atoms with Crippen molar-refractivity contribution in [3.8, 4) is 6.07 Å². The molecular formula is C19H16BrClN6O2. The quantitative estimate of drug-likeness (QED) is 0.375. The summed E-state index contributed by atoms with van der Waals surface area (Å²) >= 11 is 9.06. The third-order valence-electron chi connectivity index (χ3n) is 3.70. The van der Waals surface area contributed by atoms with Crippen molar-refractivity contribution >= 4 is 55.5 Å². The zero-order valence-corrected chi connectivity index (χ0v) is 17.8. The SMILES string of the molecule is CNC(=O)c1cc(C#N)cc(C)c1NC(=O)/C(=C/C(=N)Br)Nc1ncccc1Cl. The number of pyridine rings is 1. The standard InChI is InChI=1S/C19H16BrClN6O2/c1-10-6-11(9-22)7-12(18(28)24-2)16(10)27-19(29)14(8-15(20)23)26-17-13(21)4-3-5-25-17/h3-8,23H,1-2H3,(H,24,28)(H,25,26)(H,27,29)/b14-8-,23-15?. The van der Waals surface area contributed by atoms with Crippen molar-refractivity contribution in [2.75, 3.05) is 17.7 Å². The van der Waals surface area contributed by atoms with Gasteiger partial charge >= 0.3 is 0 Å². The Kier molecular flexibility index (Phi) is 7.47. The van der Waals surface area contributed by atoms with E-state index >= 15 is 0 Å². The highest BCUT2D eigenvalue weighted by Crippen LogP contribution is 2.25. The van der Waals surface area contributed by atoms with Crippen LogP contribution in [-0.2, 0) is 4.79 Å². The minimum atomic E-state index is -0.631. The van der Waals surface area contributed by atoms with Gasteiger partial charge in [0, 0.05) is 13.2 Å². The number of carbonyl (C=O) groups excluding carboxylic acids is 2. The van der Waals surface area contributed by atoms with Gasteiger partial charge < -0.3 is 16.0 Å². The van der Waals surface area contributed by atoms with Gasteiger partial charge in [-0.1, -0.05) is 11.6 Å². The molecule has 0 aliphatic rings. The van der Waals surface area contributed by atoms with Crippen LogP contribution in [0.3, 0.4) is 0 Å². The molecule has 0 bridgehead atoms. The van der Waals surface area contributed by atoms with Gasteiger partial charge in [0.1, 0.15) is 11.5 Å². The first-order valence-electron chi connectivity index (χ1n) is 8.18. The zero-order valence-electron chi connectivity index (χ0n) is 15.4. The molecule has 29 heavy (non-hydrogen) atoms. The highest BCUT2D eigenvalue weighted by Gasteiger charge is 2.19. The molecule has 4 N–H and O–H groups in total. The topological polar surface area (TPSA) is 131 Å². The summed E-state index contributed by atoms with van der Waals surface area (Å²) in [5.74, 6) is -0.860. The Bertz CT molecular complexity index is 1060. The highest BCUT2D eigenvalue weighted by atomic mass is 79.9. The summed E-state index contributed by atoms with van der Waals surface area (Å²) in [7, 11) is 1.45. The van der Waals surface area contributed by atoms with Gasteiger partial charge in [0.05, 0.1) is 32.5 Å². The van der Waals surface area contributed by atoms with Gasteiger partial charge in [-0.3, -0.25) is 15.0 Å². The number of hydrogen-bond donors (Lipinski definition) is 4. The predicted molar refractivity (Wildman–Crippen MR) is 116 cm³/mol. The molecule has 2 rings (SSSR count). The van der Waals surface area contributed by atoms with Gasteiger partial charge in [-0.2, -0.15) is 5.26 Å². The largest absolute Gasteiger partial charge is 0.355 e. The average molecular weight is 476 g/mol. The second kappa shape index (κ2) is 9.82. The van der Waals surface area contributed by atoms with Crippen LogP contribution < -0.4 is 16.0 Å². The first-order chi connectivity index (χ1) is 13.8. The van der Waals surface area contributed by atoms with Crippen molar-refractivity contribution in [3.63, 3.8) is 0 Å². The van der Waals surface area contributed by atoms with Crippen LogP contribution in [0.2, 0.25) is 5.02 Å². The van der Waals surface area contributed by atoms with E-state index in [-0.39, 0.29) is 38.0 Å². The first-order valence-corrected chi connectivity index (χ1v) is 9.35. The molecule has 0 unspecified atom stereocenters. The molecule has 148 valence electrons. The first kappa shape index (κ1) is 22.1. The lowest BCUT2D eigenvalue weighted by atomic mass is 10.0. The van der Waals surface area contributed by atoms with Crippen LogP contribution in [0, 0.1) is 23.7 Å². The van der Waals surface area contributed by atoms with Crippen molar-refractivity contribution in [2.24, 2.45) is 0 Å². The van der Waals surface area contributed by atoms with Gasteiger partial charge in [0.25, 0.3) is 11.8 Å². The van der Waals surface area contributed by atoms with E-state index < -0.39 is 11.8 Å². The summed E-state index contributed by atoms with van der Waals surface area (Å²) in [4.78, 5) is 29.2. The van der Waals surface area contributed by atoms with E-state index in [4.69, 9.17) is 22.3 Å². The fourth-order valence-corrected chi connectivity index (χ4v) is 2.80. The summed E-state index contributed by atoms with van der Waals surface area (Å²) in [5, 5.41) is 25.0. The summed E-state index contributed by atoms with van der Waals surface area (Å²) in [6.45, 7) is 1.67. The average Bonchev–Trinajstić information content (AvgIpc) is 2.69. The molecule has 0 aliphatic carbocycles. The van der Waals surface area contributed by atoms with E-state index in [1.807, 2.05) is 6.07 Å². The number of nitriles is 1. The van der Waals surface area contributed by atoms with E-state index in [0.29, 0.717) is 5.56 Å². The van der Waals surface area contributed by atoms with E-state index in [0.717, 1.165) is 0 Å². The van der Waals surface area contributed by atoms with Crippen molar-refractivity contribution in [1.82, 2.24) is 10.3 Å². The Labute approximate surface area is 180 Å². The summed E-state index contributed by atoms with van der Waals surface area (Å²) in [6.07, 6.45) is 2.73. The third-order valence-corrected chi connectivity index (χ3v) is 4.24. The van der Waals surface area contributed by atoms with Crippen molar-refractivity contribution in [1.29, 1.82) is 10.7 Å². The molecule has 10 heteroatoms. The number of halogens is 2. The van der Waals surface area contributed by atoms with Crippen LogP contribution in [0.1, 0.15) is 21.5 Å². The maximum absolute atomic E-state index is 12.9. The van der Waals surface area contributed by atoms with Gasteiger partial charge in [-0.15, -0.1) is 0 Å².